The molecule has 0 aromatic heterocycles. The van der Waals surface area contributed by atoms with Crippen LogP contribution < -0.4 is 0 Å². The fraction of sp³-hybridized carbons (Fsp3) is 0.571. The summed E-state index contributed by atoms with van der Waals surface area (Å²) < 4.78 is 20.5. The Balaban J connectivity index is 2.22. The lowest BCUT2D eigenvalue weighted by Crippen LogP contribution is -2.50. The number of aryl methyl sites for hydroxylation is 1. The van der Waals surface area contributed by atoms with Gasteiger partial charge in [-0.2, -0.15) is 0 Å². The van der Waals surface area contributed by atoms with E-state index < -0.39 is 29.7 Å². The van der Waals surface area contributed by atoms with E-state index in [1.54, 1.807) is 6.92 Å². The number of hydrogen-bond acceptors (Lipinski definition) is 4. The molecule has 0 aliphatic carbocycles. The lowest BCUT2D eigenvalue weighted by atomic mass is 9.91. The first-order valence-corrected chi connectivity index (χ1v) is 8.02. The van der Waals surface area contributed by atoms with E-state index in [1.807, 2.05) is 31.2 Å². The number of thioether (sulfide) groups is 1. The molecular weight excluding hydrogens is 319 g/mol. The number of hydrogen-bond donors (Lipinski definition) is 0. The second kappa shape index (κ2) is 8.08. The molecule has 5 unspecified atom stereocenters. The molecule has 1 aliphatic rings. The topological polar surface area (TPSA) is 107 Å². The summed E-state index contributed by atoms with van der Waals surface area (Å²) in [5, 5.41) is 7.06. The highest BCUT2D eigenvalue weighted by Crippen LogP contribution is 2.38. The third kappa shape index (κ3) is 4.30. The number of rotatable bonds is 5. The van der Waals surface area contributed by atoms with E-state index >= 15 is 0 Å². The second-order valence-electron chi connectivity index (χ2n) is 5.39. The van der Waals surface area contributed by atoms with Gasteiger partial charge in [0.2, 0.25) is 0 Å². The average Bonchev–Trinajstić information content (AvgIpc) is 2.55. The lowest BCUT2D eigenvalue weighted by Gasteiger charge is -2.40. The van der Waals surface area contributed by atoms with Gasteiger partial charge < -0.3 is 4.74 Å². The summed E-state index contributed by atoms with van der Waals surface area (Å²) in [5.74, 6) is -0.522. The highest BCUT2D eigenvalue weighted by atomic mass is 32.2. The van der Waals surface area contributed by atoms with E-state index in [1.165, 1.54) is 11.8 Å². The van der Waals surface area contributed by atoms with Gasteiger partial charge >= 0.3 is 0 Å². The molecule has 1 saturated heterocycles. The van der Waals surface area contributed by atoms with Gasteiger partial charge in [0.15, 0.2) is 0 Å². The Morgan fingerprint density at radius 3 is 2.57 bits per heavy atom. The van der Waals surface area contributed by atoms with Crippen molar-refractivity contribution >= 4 is 11.8 Å². The van der Waals surface area contributed by atoms with Crippen LogP contribution in [0.2, 0.25) is 0 Å². The van der Waals surface area contributed by atoms with Gasteiger partial charge in [-0.15, -0.1) is 0 Å². The minimum atomic E-state index is -1.36. The third-order valence-corrected chi connectivity index (χ3v) is 4.95. The largest absolute Gasteiger partial charge is 0.363 e. The molecule has 0 saturated carbocycles. The van der Waals surface area contributed by atoms with E-state index in [-0.39, 0.29) is 6.54 Å². The summed E-state index contributed by atoms with van der Waals surface area (Å²) in [6.07, 6.45) is -1.91. The number of nitrogens with zero attached hydrogens (tertiary/aromatic N) is 6. The Bertz CT molecular complexity index is 627. The SMILES string of the molecule is Cc1ccc(SC2OC(CN=[N+]=[N-])C(C)C(F)C2N=[N+]=[N-])cc1. The van der Waals surface area contributed by atoms with E-state index in [4.69, 9.17) is 15.8 Å². The zero-order chi connectivity index (χ0) is 16.8. The van der Waals surface area contributed by atoms with Gasteiger partial charge in [0.25, 0.3) is 0 Å². The quantitative estimate of drug-likeness (QED) is 0.438. The summed E-state index contributed by atoms with van der Waals surface area (Å²) in [6, 6.07) is 6.78. The first kappa shape index (κ1) is 17.4. The summed E-state index contributed by atoms with van der Waals surface area (Å²) >= 11 is 1.30. The van der Waals surface area contributed by atoms with Crippen LogP contribution in [0.25, 0.3) is 20.9 Å². The van der Waals surface area contributed by atoms with Crippen molar-refractivity contribution in [2.75, 3.05) is 6.54 Å². The van der Waals surface area contributed by atoms with Crippen LogP contribution in [0, 0.1) is 12.8 Å². The maximum atomic E-state index is 14.6. The van der Waals surface area contributed by atoms with Gasteiger partial charge in [-0.3, -0.25) is 0 Å². The smallest absolute Gasteiger partial charge is 0.119 e. The number of azide groups is 2. The monoisotopic (exact) mass is 336 g/mol. The van der Waals surface area contributed by atoms with Crippen molar-refractivity contribution < 1.29 is 9.13 Å². The molecule has 0 bridgehead atoms. The zero-order valence-corrected chi connectivity index (χ0v) is 13.6. The Labute approximate surface area is 137 Å². The number of benzene rings is 1. The molecule has 2 rings (SSSR count). The second-order valence-corrected chi connectivity index (χ2v) is 6.56. The van der Waals surface area contributed by atoms with Gasteiger partial charge in [0, 0.05) is 20.6 Å². The molecule has 122 valence electrons. The Morgan fingerprint density at radius 2 is 1.96 bits per heavy atom. The van der Waals surface area contributed by atoms with Crippen molar-refractivity contribution in [3.8, 4) is 0 Å². The maximum Gasteiger partial charge on any atom is 0.119 e. The zero-order valence-electron chi connectivity index (χ0n) is 12.8. The summed E-state index contributed by atoms with van der Waals surface area (Å²) in [6.45, 7) is 3.68. The van der Waals surface area contributed by atoms with Crippen LogP contribution in [-0.2, 0) is 4.74 Å². The normalized spacial score (nSPS) is 30.1. The summed E-state index contributed by atoms with van der Waals surface area (Å²) in [5.41, 5.74) is 17.6. The van der Waals surface area contributed by atoms with Crippen molar-refractivity contribution in [2.24, 2.45) is 16.1 Å². The van der Waals surface area contributed by atoms with Crippen LogP contribution in [0.15, 0.2) is 39.4 Å². The number of ether oxygens (including phenoxy) is 1. The molecule has 0 N–H and O–H groups in total. The molecule has 1 heterocycles. The molecule has 1 fully saturated rings. The highest BCUT2D eigenvalue weighted by Gasteiger charge is 2.43. The van der Waals surface area contributed by atoms with E-state index in [0.717, 1.165) is 10.5 Å². The molecular formula is C14H17FN6OS. The van der Waals surface area contributed by atoms with Gasteiger partial charge in [0.1, 0.15) is 17.6 Å². The Kier molecular flexibility index (Phi) is 6.12. The van der Waals surface area contributed by atoms with Crippen LogP contribution >= 0.6 is 11.8 Å². The maximum absolute atomic E-state index is 14.6. The minimum absolute atomic E-state index is 0.0477. The fourth-order valence-corrected chi connectivity index (χ4v) is 3.50. The van der Waals surface area contributed by atoms with Crippen molar-refractivity contribution in [3.63, 3.8) is 0 Å². The molecule has 0 spiro atoms. The van der Waals surface area contributed by atoms with Crippen LogP contribution in [0.4, 0.5) is 4.39 Å². The Hall–Kier alpha value is -1.92. The van der Waals surface area contributed by atoms with Crippen LogP contribution in [0.3, 0.4) is 0 Å². The lowest BCUT2D eigenvalue weighted by molar-refractivity contribution is -0.0813. The molecule has 0 amide bonds. The molecule has 9 heteroatoms. The average molecular weight is 336 g/mol. The van der Waals surface area contributed by atoms with Gasteiger partial charge in [-0.25, -0.2) is 4.39 Å². The molecule has 23 heavy (non-hydrogen) atoms. The van der Waals surface area contributed by atoms with Crippen molar-refractivity contribution in [1.29, 1.82) is 0 Å². The van der Waals surface area contributed by atoms with Crippen molar-refractivity contribution in [1.82, 2.24) is 0 Å². The standard InChI is InChI=1S/C14H17FN6OS/c1-8-3-5-10(6-4-8)23-14-13(19-21-17)12(15)9(2)11(22-14)7-18-20-16/h3-6,9,11-14H,7H2,1-2H3. The van der Waals surface area contributed by atoms with Crippen LogP contribution in [0.1, 0.15) is 12.5 Å². The fourth-order valence-electron chi connectivity index (χ4n) is 2.40. The van der Waals surface area contributed by atoms with Gasteiger partial charge in [-0.1, -0.05) is 46.6 Å². The molecule has 5 atom stereocenters. The van der Waals surface area contributed by atoms with Gasteiger partial charge in [-0.05, 0) is 30.1 Å². The molecule has 1 aromatic carbocycles. The van der Waals surface area contributed by atoms with Crippen molar-refractivity contribution in [3.05, 3.63) is 50.7 Å². The first-order valence-electron chi connectivity index (χ1n) is 7.14. The first-order chi connectivity index (χ1) is 11.1. The predicted molar refractivity (Wildman–Crippen MR) is 86.7 cm³/mol. The highest BCUT2D eigenvalue weighted by molar-refractivity contribution is 7.99. The van der Waals surface area contributed by atoms with Gasteiger partial charge in [0.05, 0.1) is 12.6 Å². The number of alkyl halides is 1. The molecule has 1 aliphatic heterocycles. The Morgan fingerprint density at radius 1 is 1.26 bits per heavy atom. The summed E-state index contributed by atoms with van der Waals surface area (Å²) in [7, 11) is 0. The summed E-state index contributed by atoms with van der Waals surface area (Å²) in [4.78, 5) is 6.34. The third-order valence-electron chi connectivity index (χ3n) is 3.79. The van der Waals surface area contributed by atoms with E-state index in [9.17, 15) is 4.39 Å². The van der Waals surface area contributed by atoms with Crippen molar-refractivity contribution in [2.45, 2.75) is 42.5 Å². The van der Waals surface area contributed by atoms with Crippen LogP contribution in [-0.4, -0.2) is 30.3 Å². The van der Waals surface area contributed by atoms with Crippen LogP contribution in [0.5, 0.6) is 0 Å². The molecule has 7 nitrogen and oxygen atoms in total. The molecule has 0 radical (unpaired) electrons. The minimum Gasteiger partial charge on any atom is -0.363 e. The van der Waals surface area contributed by atoms with E-state index in [0.29, 0.717) is 0 Å². The van der Waals surface area contributed by atoms with E-state index in [2.05, 4.69) is 20.1 Å². The predicted octanol–water partition coefficient (Wildman–Crippen LogP) is 4.78. The molecule has 1 aromatic rings. The number of halogens is 1.